The van der Waals surface area contributed by atoms with Crippen LogP contribution in [0.2, 0.25) is 0 Å². The predicted octanol–water partition coefficient (Wildman–Crippen LogP) is 1.63. The highest BCUT2D eigenvalue weighted by Crippen LogP contribution is 2.19. The zero-order valence-electron chi connectivity index (χ0n) is 12.1. The zero-order chi connectivity index (χ0) is 15.3. The monoisotopic (exact) mass is 279 g/mol. The van der Waals surface area contributed by atoms with Crippen LogP contribution in [0.15, 0.2) is 24.3 Å². The van der Waals surface area contributed by atoms with E-state index in [1.165, 1.54) is 6.07 Å². The summed E-state index contributed by atoms with van der Waals surface area (Å²) in [7, 11) is 0. The predicted molar refractivity (Wildman–Crippen MR) is 77.2 cm³/mol. The molecule has 1 rings (SSSR count). The van der Waals surface area contributed by atoms with E-state index >= 15 is 0 Å². The van der Waals surface area contributed by atoms with Crippen LogP contribution in [-0.4, -0.2) is 22.9 Å². The largest absolute Gasteiger partial charge is 0.349 e. The lowest BCUT2D eigenvalue weighted by Gasteiger charge is -2.33. The van der Waals surface area contributed by atoms with E-state index in [0.29, 0.717) is 12.1 Å². The molecule has 0 heterocycles. The molecule has 0 radical (unpaired) electrons. The average Bonchev–Trinajstić information content (AvgIpc) is 2.38. The number of hydrogen-bond donors (Lipinski definition) is 2. The van der Waals surface area contributed by atoms with Gasteiger partial charge in [-0.05, 0) is 12.8 Å². The molecule has 20 heavy (non-hydrogen) atoms. The third kappa shape index (κ3) is 3.77. The first-order chi connectivity index (χ1) is 9.30. The molecule has 0 aliphatic carbocycles. The summed E-state index contributed by atoms with van der Waals surface area (Å²) in [6.07, 6.45) is -0.0283. The number of nitrogens with zero attached hydrogens (tertiary/aromatic N) is 1. The number of rotatable bonds is 6. The first-order valence-corrected chi connectivity index (χ1v) is 6.53. The van der Waals surface area contributed by atoms with Gasteiger partial charge >= 0.3 is 0 Å². The summed E-state index contributed by atoms with van der Waals surface area (Å²) in [5.41, 5.74) is 5.55. The molecule has 1 aromatic rings. The Balaban J connectivity index is 2.84. The normalized spacial score (nSPS) is 13.8. The van der Waals surface area contributed by atoms with Crippen molar-refractivity contribution in [1.29, 1.82) is 0 Å². The van der Waals surface area contributed by atoms with Crippen molar-refractivity contribution in [2.75, 3.05) is 6.54 Å². The fourth-order valence-electron chi connectivity index (χ4n) is 1.81. The molecule has 0 aliphatic rings. The van der Waals surface area contributed by atoms with E-state index in [9.17, 15) is 14.9 Å². The molecule has 1 amide bonds. The van der Waals surface area contributed by atoms with Crippen LogP contribution in [0.25, 0.3) is 0 Å². The maximum atomic E-state index is 12.1. The second-order valence-corrected chi connectivity index (χ2v) is 5.39. The quantitative estimate of drug-likeness (QED) is 0.610. The summed E-state index contributed by atoms with van der Waals surface area (Å²) >= 11 is 0. The Hall–Kier alpha value is -1.95. The molecule has 6 nitrogen and oxygen atoms in total. The van der Waals surface area contributed by atoms with E-state index in [1.54, 1.807) is 18.2 Å². The molecular formula is C14H21N3O3. The number of nitrogens with one attached hydrogen (secondary N) is 1. The molecule has 6 heteroatoms. The van der Waals surface area contributed by atoms with Crippen LogP contribution < -0.4 is 11.1 Å². The number of hydrogen-bond acceptors (Lipinski definition) is 4. The number of benzene rings is 1. The molecular weight excluding hydrogens is 258 g/mol. The van der Waals surface area contributed by atoms with Crippen LogP contribution in [0.5, 0.6) is 0 Å². The van der Waals surface area contributed by atoms with Crippen molar-refractivity contribution in [2.24, 2.45) is 11.7 Å². The molecule has 0 saturated heterocycles. The Morgan fingerprint density at radius 1 is 1.45 bits per heavy atom. The number of carbonyl (C=O) groups is 1. The van der Waals surface area contributed by atoms with E-state index < -0.39 is 10.5 Å². The molecule has 0 spiro atoms. The highest BCUT2D eigenvalue weighted by atomic mass is 16.6. The highest BCUT2D eigenvalue weighted by Gasteiger charge is 2.29. The van der Waals surface area contributed by atoms with E-state index in [1.807, 2.05) is 20.8 Å². The Bertz CT molecular complexity index is 502. The first kappa shape index (κ1) is 16.1. The van der Waals surface area contributed by atoms with Gasteiger partial charge in [0, 0.05) is 18.2 Å². The van der Waals surface area contributed by atoms with Gasteiger partial charge in [-0.3, -0.25) is 14.9 Å². The van der Waals surface area contributed by atoms with Gasteiger partial charge in [-0.2, -0.15) is 0 Å². The van der Waals surface area contributed by atoms with Crippen molar-refractivity contribution < 1.29 is 9.72 Å². The van der Waals surface area contributed by atoms with Gasteiger partial charge in [0.15, 0.2) is 0 Å². The minimum atomic E-state index is -0.513. The summed E-state index contributed by atoms with van der Waals surface area (Å²) < 4.78 is 0. The highest BCUT2D eigenvalue weighted by molar-refractivity contribution is 5.80. The minimum Gasteiger partial charge on any atom is -0.349 e. The van der Waals surface area contributed by atoms with Gasteiger partial charge in [0.1, 0.15) is 0 Å². The molecule has 1 atom stereocenters. The van der Waals surface area contributed by atoms with Crippen LogP contribution in [-0.2, 0) is 11.2 Å². The molecule has 0 saturated carbocycles. The van der Waals surface area contributed by atoms with E-state index in [4.69, 9.17) is 5.73 Å². The van der Waals surface area contributed by atoms with Crippen LogP contribution >= 0.6 is 0 Å². The Morgan fingerprint density at radius 3 is 2.55 bits per heavy atom. The van der Waals surface area contributed by atoms with Gasteiger partial charge < -0.3 is 11.1 Å². The van der Waals surface area contributed by atoms with Gasteiger partial charge in [0.25, 0.3) is 5.69 Å². The van der Waals surface area contributed by atoms with Gasteiger partial charge in [-0.25, -0.2) is 0 Å². The second-order valence-electron chi connectivity index (χ2n) is 5.39. The number of para-hydroxylation sites is 1. The Labute approximate surface area is 118 Å². The molecule has 3 N–H and O–H groups in total. The number of carbonyl (C=O) groups excluding carboxylic acids is 1. The lowest BCUT2D eigenvalue weighted by Crippen LogP contribution is -2.55. The average molecular weight is 279 g/mol. The van der Waals surface area contributed by atoms with Crippen LogP contribution in [0.4, 0.5) is 5.69 Å². The summed E-state index contributed by atoms with van der Waals surface area (Å²) in [6, 6.07) is 6.25. The van der Waals surface area contributed by atoms with Crippen molar-refractivity contribution in [3.8, 4) is 0 Å². The number of nitro benzene ring substituents is 1. The maximum absolute atomic E-state index is 12.1. The third-order valence-corrected chi connectivity index (χ3v) is 3.66. The fourth-order valence-corrected chi connectivity index (χ4v) is 1.81. The molecule has 110 valence electrons. The Kier molecular flexibility index (Phi) is 5.21. The molecule has 1 unspecified atom stereocenters. The van der Waals surface area contributed by atoms with Gasteiger partial charge in [-0.15, -0.1) is 0 Å². The summed E-state index contributed by atoms with van der Waals surface area (Å²) in [5, 5.41) is 13.8. The van der Waals surface area contributed by atoms with Gasteiger partial charge in [0.2, 0.25) is 5.91 Å². The van der Waals surface area contributed by atoms with E-state index in [2.05, 4.69) is 5.32 Å². The summed E-state index contributed by atoms with van der Waals surface area (Å²) in [5.74, 6) is -0.0943. The molecule has 0 aliphatic heterocycles. The Morgan fingerprint density at radius 2 is 2.05 bits per heavy atom. The minimum absolute atomic E-state index is 0.0283. The number of amides is 1. The fraction of sp³-hybridized carbons (Fsp3) is 0.500. The van der Waals surface area contributed by atoms with Gasteiger partial charge in [-0.1, -0.05) is 32.0 Å². The van der Waals surface area contributed by atoms with Crippen LogP contribution in [0, 0.1) is 16.0 Å². The lowest BCUT2D eigenvalue weighted by molar-refractivity contribution is -0.385. The van der Waals surface area contributed by atoms with E-state index in [-0.39, 0.29) is 23.9 Å². The van der Waals surface area contributed by atoms with Crippen molar-refractivity contribution in [1.82, 2.24) is 5.32 Å². The topological polar surface area (TPSA) is 98.3 Å². The molecule has 0 bridgehead atoms. The standard InChI is InChI=1S/C14H21N3O3/c1-10(2)14(3,9-15)16-13(18)8-11-6-4-5-7-12(11)17(19)20/h4-7,10H,8-9,15H2,1-3H3,(H,16,18). The van der Waals surface area contributed by atoms with Crippen molar-refractivity contribution in [3.05, 3.63) is 39.9 Å². The zero-order valence-corrected chi connectivity index (χ0v) is 12.1. The molecule has 0 fully saturated rings. The summed E-state index contributed by atoms with van der Waals surface area (Å²) in [4.78, 5) is 22.5. The van der Waals surface area contributed by atoms with Gasteiger partial charge in [0.05, 0.1) is 16.9 Å². The third-order valence-electron chi connectivity index (χ3n) is 3.66. The maximum Gasteiger partial charge on any atom is 0.273 e. The smallest absolute Gasteiger partial charge is 0.273 e. The first-order valence-electron chi connectivity index (χ1n) is 6.53. The summed E-state index contributed by atoms with van der Waals surface area (Å²) in [6.45, 7) is 6.12. The van der Waals surface area contributed by atoms with E-state index in [0.717, 1.165) is 0 Å². The molecule has 1 aromatic carbocycles. The van der Waals surface area contributed by atoms with Crippen molar-refractivity contribution in [2.45, 2.75) is 32.7 Å². The van der Waals surface area contributed by atoms with Crippen LogP contribution in [0.1, 0.15) is 26.3 Å². The second kappa shape index (κ2) is 6.47. The number of nitrogens with two attached hydrogens (primary N) is 1. The number of nitro groups is 1. The van der Waals surface area contributed by atoms with Crippen molar-refractivity contribution >= 4 is 11.6 Å². The lowest BCUT2D eigenvalue weighted by atomic mass is 9.88. The SMILES string of the molecule is CC(C)C(C)(CN)NC(=O)Cc1ccccc1[N+](=O)[O-]. The molecule has 0 aromatic heterocycles. The van der Waals surface area contributed by atoms with Crippen LogP contribution in [0.3, 0.4) is 0 Å². The van der Waals surface area contributed by atoms with Crippen molar-refractivity contribution in [3.63, 3.8) is 0 Å².